The molecule has 0 saturated heterocycles. The van der Waals surface area contributed by atoms with Gasteiger partial charge in [-0.2, -0.15) is 4.98 Å². The maximum atomic E-state index is 5.35. The molecule has 0 aromatic carbocycles. The zero-order valence-corrected chi connectivity index (χ0v) is 11.2. The van der Waals surface area contributed by atoms with Crippen molar-refractivity contribution in [3.63, 3.8) is 0 Å². The van der Waals surface area contributed by atoms with Crippen LogP contribution in [0.25, 0.3) is 0 Å². The summed E-state index contributed by atoms with van der Waals surface area (Å²) in [6.45, 7) is 4.29. The van der Waals surface area contributed by atoms with Gasteiger partial charge in [0.15, 0.2) is 0 Å². The molecule has 1 fully saturated rings. The second-order valence-electron chi connectivity index (χ2n) is 5.07. The molecule has 0 radical (unpaired) electrons. The molecule has 2 atom stereocenters. The smallest absolute Gasteiger partial charge is 0.239 e. The summed E-state index contributed by atoms with van der Waals surface area (Å²) in [6.07, 6.45) is 8.24. The van der Waals surface area contributed by atoms with Crippen molar-refractivity contribution in [3.05, 3.63) is 11.8 Å². The molecule has 0 amide bonds. The zero-order valence-electron chi connectivity index (χ0n) is 11.2. The lowest BCUT2D eigenvalue weighted by Crippen LogP contribution is -2.32. The molecule has 0 spiro atoms. The van der Waals surface area contributed by atoms with Gasteiger partial charge in [0, 0.05) is 17.8 Å². The van der Waals surface area contributed by atoms with E-state index in [4.69, 9.17) is 5.84 Å². The second-order valence-corrected chi connectivity index (χ2v) is 5.07. The first-order chi connectivity index (χ1) is 8.74. The molecule has 2 rings (SSSR count). The fraction of sp³-hybridized carbons (Fsp3) is 0.692. The van der Waals surface area contributed by atoms with Crippen LogP contribution in [0, 0.1) is 12.8 Å². The summed E-state index contributed by atoms with van der Waals surface area (Å²) in [7, 11) is 0. The van der Waals surface area contributed by atoms with E-state index in [1.807, 2.05) is 6.92 Å². The van der Waals surface area contributed by atoms with E-state index in [9.17, 15) is 0 Å². The van der Waals surface area contributed by atoms with Gasteiger partial charge in [-0.3, -0.25) is 5.43 Å². The number of nitrogens with zero attached hydrogens (tertiary/aromatic N) is 2. The van der Waals surface area contributed by atoms with E-state index < -0.39 is 0 Å². The maximum absolute atomic E-state index is 5.35. The monoisotopic (exact) mass is 249 g/mol. The summed E-state index contributed by atoms with van der Waals surface area (Å²) in [5, 5.41) is 3.58. The third-order valence-electron chi connectivity index (χ3n) is 3.86. The maximum Gasteiger partial charge on any atom is 0.239 e. The van der Waals surface area contributed by atoms with Crippen molar-refractivity contribution in [2.24, 2.45) is 11.8 Å². The van der Waals surface area contributed by atoms with Gasteiger partial charge >= 0.3 is 0 Å². The van der Waals surface area contributed by atoms with Crippen LogP contribution in [0.4, 0.5) is 11.8 Å². The molecule has 1 aromatic rings. The highest BCUT2D eigenvalue weighted by Crippen LogP contribution is 2.29. The van der Waals surface area contributed by atoms with Gasteiger partial charge in [-0.25, -0.2) is 10.8 Å². The molecule has 4 N–H and O–H groups in total. The molecule has 5 nitrogen and oxygen atoms in total. The number of aryl methyl sites for hydroxylation is 1. The summed E-state index contributed by atoms with van der Waals surface area (Å²) in [5.74, 6) is 7.48. The lowest BCUT2D eigenvalue weighted by Gasteiger charge is -2.32. The number of nitrogens with two attached hydrogens (primary N) is 1. The van der Waals surface area contributed by atoms with E-state index in [0.29, 0.717) is 12.0 Å². The predicted octanol–water partition coefficient (Wildman–Crippen LogP) is 2.45. The Balaban J connectivity index is 2.11. The van der Waals surface area contributed by atoms with Gasteiger partial charge in [0.2, 0.25) is 5.95 Å². The summed E-state index contributed by atoms with van der Waals surface area (Å²) in [4.78, 5) is 8.50. The Kier molecular flexibility index (Phi) is 4.36. The second kappa shape index (κ2) is 6.00. The largest absolute Gasteiger partial charge is 0.367 e. The number of nitrogen functional groups attached to an aromatic ring is 1. The molecule has 0 aliphatic heterocycles. The normalized spacial score (nSPS) is 23.7. The SMILES string of the molecule is CCC1CCCCC1Nc1nc(NN)ncc1C. The number of hydrogen-bond donors (Lipinski definition) is 3. The van der Waals surface area contributed by atoms with Gasteiger partial charge in [0.25, 0.3) is 0 Å². The lowest BCUT2D eigenvalue weighted by molar-refractivity contribution is 0.316. The van der Waals surface area contributed by atoms with Crippen LogP contribution in [-0.4, -0.2) is 16.0 Å². The van der Waals surface area contributed by atoms with E-state index in [1.54, 1.807) is 6.20 Å². The van der Waals surface area contributed by atoms with Crippen molar-refractivity contribution in [2.75, 3.05) is 10.7 Å². The Bertz CT molecular complexity index is 393. The Labute approximate surface area is 109 Å². The lowest BCUT2D eigenvalue weighted by atomic mass is 9.83. The van der Waals surface area contributed by atoms with Gasteiger partial charge in [0.1, 0.15) is 5.82 Å². The summed E-state index contributed by atoms with van der Waals surface area (Å²) in [5.41, 5.74) is 3.56. The molecule has 1 aliphatic rings. The predicted molar refractivity (Wildman–Crippen MR) is 74.2 cm³/mol. The summed E-state index contributed by atoms with van der Waals surface area (Å²) >= 11 is 0. The summed E-state index contributed by atoms with van der Waals surface area (Å²) < 4.78 is 0. The van der Waals surface area contributed by atoms with Crippen LogP contribution in [-0.2, 0) is 0 Å². The van der Waals surface area contributed by atoms with Gasteiger partial charge in [-0.1, -0.05) is 26.2 Å². The third kappa shape index (κ3) is 2.90. The van der Waals surface area contributed by atoms with Gasteiger partial charge in [-0.05, 0) is 25.7 Å². The number of hydrogen-bond acceptors (Lipinski definition) is 5. The van der Waals surface area contributed by atoms with Gasteiger partial charge < -0.3 is 5.32 Å². The molecule has 1 heterocycles. The van der Waals surface area contributed by atoms with Crippen LogP contribution >= 0.6 is 0 Å². The Morgan fingerprint density at radius 1 is 1.39 bits per heavy atom. The summed E-state index contributed by atoms with van der Waals surface area (Å²) in [6, 6.07) is 0.531. The van der Waals surface area contributed by atoms with E-state index in [-0.39, 0.29) is 0 Å². The van der Waals surface area contributed by atoms with Crippen molar-refractivity contribution in [1.29, 1.82) is 0 Å². The van der Waals surface area contributed by atoms with E-state index in [0.717, 1.165) is 17.3 Å². The number of hydrazine groups is 1. The van der Waals surface area contributed by atoms with Gasteiger partial charge in [0.05, 0.1) is 0 Å². The number of aromatic nitrogens is 2. The van der Waals surface area contributed by atoms with E-state index >= 15 is 0 Å². The minimum Gasteiger partial charge on any atom is -0.367 e. The third-order valence-corrected chi connectivity index (χ3v) is 3.86. The minimum atomic E-state index is 0.465. The van der Waals surface area contributed by atoms with Crippen LogP contribution in [0.2, 0.25) is 0 Å². The Hall–Kier alpha value is -1.36. The highest BCUT2D eigenvalue weighted by atomic mass is 15.3. The fourth-order valence-electron chi connectivity index (χ4n) is 2.72. The molecule has 1 aromatic heterocycles. The average Bonchev–Trinajstić information content (AvgIpc) is 2.42. The fourth-order valence-corrected chi connectivity index (χ4v) is 2.72. The molecule has 18 heavy (non-hydrogen) atoms. The van der Waals surface area contributed by atoms with E-state index in [1.165, 1.54) is 32.1 Å². The molecule has 0 bridgehead atoms. The first kappa shape index (κ1) is 13.1. The van der Waals surface area contributed by atoms with Crippen molar-refractivity contribution in [2.45, 2.75) is 52.0 Å². The van der Waals surface area contributed by atoms with Gasteiger partial charge in [-0.15, -0.1) is 0 Å². The average molecular weight is 249 g/mol. The molecule has 100 valence electrons. The molecular formula is C13H23N5. The highest BCUT2D eigenvalue weighted by molar-refractivity contribution is 5.46. The van der Waals surface area contributed by atoms with Crippen LogP contribution in [0.1, 0.15) is 44.6 Å². The number of rotatable bonds is 4. The molecular weight excluding hydrogens is 226 g/mol. The van der Waals surface area contributed by atoms with Crippen LogP contribution in [0.15, 0.2) is 6.20 Å². The molecule has 5 heteroatoms. The topological polar surface area (TPSA) is 75.9 Å². The number of nitrogens with one attached hydrogen (secondary N) is 2. The molecule has 1 saturated carbocycles. The van der Waals surface area contributed by atoms with Crippen molar-refractivity contribution in [3.8, 4) is 0 Å². The van der Waals surface area contributed by atoms with Crippen LogP contribution in [0.5, 0.6) is 0 Å². The first-order valence-corrected chi connectivity index (χ1v) is 6.81. The van der Waals surface area contributed by atoms with Crippen molar-refractivity contribution in [1.82, 2.24) is 9.97 Å². The van der Waals surface area contributed by atoms with Crippen LogP contribution < -0.4 is 16.6 Å². The van der Waals surface area contributed by atoms with E-state index in [2.05, 4.69) is 27.6 Å². The van der Waals surface area contributed by atoms with Crippen molar-refractivity contribution < 1.29 is 0 Å². The number of anilines is 2. The Morgan fingerprint density at radius 2 is 2.17 bits per heavy atom. The standard InChI is InChI=1S/C13H23N5/c1-3-10-6-4-5-7-11(10)16-12-9(2)8-15-13(17-12)18-14/h8,10-11H,3-7,14H2,1-2H3,(H2,15,16,17,18). The Morgan fingerprint density at radius 3 is 2.89 bits per heavy atom. The highest BCUT2D eigenvalue weighted by Gasteiger charge is 2.24. The van der Waals surface area contributed by atoms with Crippen molar-refractivity contribution >= 4 is 11.8 Å². The molecule has 2 unspecified atom stereocenters. The van der Waals surface area contributed by atoms with Crippen LogP contribution in [0.3, 0.4) is 0 Å². The quantitative estimate of drug-likeness (QED) is 0.564. The minimum absolute atomic E-state index is 0.465. The first-order valence-electron chi connectivity index (χ1n) is 6.81. The molecule has 1 aliphatic carbocycles. The zero-order chi connectivity index (χ0) is 13.0.